The van der Waals surface area contributed by atoms with Crippen LogP contribution in [-0.4, -0.2) is 59.9 Å². The second-order valence-electron chi connectivity index (χ2n) is 8.49. The first-order chi connectivity index (χ1) is 18.0. The number of carbonyl (C=O) groups excluding carboxylic acids is 2. The van der Waals surface area contributed by atoms with Crippen LogP contribution in [0.3, 0.4) is 0 Å². The number of aryl methyl sites for hydroxylation is 1. The van der Waals surface area contributed by atoms with Gasteiger partial charge in [0.05, 0.1) is 18.0 Å². The number of nitrogens with one attached hydrogen (secondary N) is 1. The lowest BCUT2D eigenvalue weighted by Crippen LogP contribution is -2.42. The molecule has 0 aliphatic rings. The highest BCUT2D eigenvalue weighted by Crippen LogP contribution is 2.25. The lowest BCUT2D eigenvalue weighted by atomic mass is 10.1. The minimum atomic E-state index is -0.350. The van der Waals surface area contributed by atoms with Gasteiger partial charge in [-0.15, -0.1) is 0 Å². The first-order valence-corrected chi connectivity index (χ1v) is 12.0. The van der Waals surface area contributed by atoms with E-state index in [1.807, 2.05) is 85.8 Å². The van der Waals surface area contributed by atoms with Crippen LogP contribution in [0, 0.1) is 6.92 Å². The topological polar surface area (TPSA) is 85.7 Å². The van der Waals surface area contributed by atoms with Crippen molar-refractivity contribution in [2.24, 2.45) is 0 Å². The van der Waals surface area contributed by atoms with E-state index < -0.39 is 0 Å². The molecule has 1 N–H and O–H groups in total. The van der Waals surface area contributed by atoms with Gasteiger partial charge in [-0.1, -0.05) is 66.2 Å². The summed E-state index contributed by atoms with van der Waals surface area (Å²) in [4.78, 5) is 27.4. The molecule has 4 aromatic rings. The maximum Gasteiger partial charge on any atom is 0.261 e. The van der Waals surface area contributed by atoms with Crippen molar-refractivity contribution < 1.29 is 19.1 Å². The molecule has 2 amide bonds. The van der Waals surface area contributed by atoms with Crippen LogP contribution in [0.15, 0.2) is 91.0 Å². The van der Waals surface area contributed by atoms with E-state index in [0.717, 1.165) is 22.5 Å². The Kier molecular flexibility index (Phi) is 8.67. The maximum absolute atomic E-state index is 13.1. The number of carbonyl (C=O) groups is 2. The van der Waals surface area contributed by atoms with Gasteiger partial charge < -0.3 is 19.7 Å². The van der Waals surface area contributed by atoms with Crippen molar-refractivity contribution in [3.8, 4) is 22.7 Å². The number of hydrogen-bond donors (Lipinski definition) is 1. The fourth-order valence-electron chi connectivity index (χ4n) is 3.71. The molecule has 0 aliphatic heterocycles. The Morgan fingerprint density at radius 1 is 0.946 bits per heavy atom. The number of anilines is 1. The van der Waals surface area contributed by atoms with E-state index in [9.17, 15) is 9.59 Å². The molecule has 0 bridgehead atoms. The number of amides is 2. The monoisotopic (exact) mass is 498 g/mol. The molecule has 0 saturated heterocycles. The Balaban J connectivity index is 1.51. The first-order valence-electron chi connectivity index (χ1n) is 12.0. The fraction of sp³-hybridized carbons (Fsp3) is 0.207. The predicted octanol–water partition coefficient (Wildman–Crippen LogP) is 4.34. The van der Waals surface area contributed by atoms with E-state index in [1.54, 1.807) is 23.9 Å². The molecule has 0 radical (unpaired) electrons. The number of para-hydroxylation sites is 1. The average molecular weight is 499 g/mol. The standard InChI is InChI=1S/C29H30N4O4/c1-22-13-15-24(16-14-22)33-27(19-26(31-33)23-9-5-3-6-10-23)30-28(34)20-32(17-18-36-2)29(35)21-37-25-11-7-4-8-12-25/h3-16,19H,17-18,20-21H2,1-2H3,(H,30,34). The van der Waals surface area contributed by atoms with Crippen molar-refractivity contribution in [1.82, 2.24) is 14.7 Å². The molecule has 0 spiro atoms. The molecular weight excluding hydrogens is 468 g/mol. The van der Waals surface area contributed by atoms with Crippen molar-refractivity contribution in [3.63, 3.8) is 0 Å². The third kappa shape index (κ3) is 7.05. The smallest absolute Gasteiger partial charge is 0.261 e. The van der Waals surface area contributed by atoms with Crippen LogP contribution in [0.1, 0.15) is 5.56 Å². The van der Waals surface area contributed by atoms with E-state index >= 15 is 0 Å². The lowest BCUT2D eigenvalue weighted by Gasteiger charge is -2.22. The van der Waals surface area contributed by atoms with Gasteiger partial charge in [-0.05, 0) is 31.2 Å². The normalized spacial score (nSPS) is 10.6. The highest BCUT2D eigenvalue weighted by Gasteiger charge is 2.20. The van der Waals surface area contributed by atoms with Crippen LogP contribution in [0.4, 0.5) is 5.82 Å². The Hall–Kier alpha value is -4.43. The van der Waals surface area contributed by atoms with E-state index in [1.165, 1.54) is 4.90 Å². The number of hydrogen-bond acceptors (Lipinski definition) is 5. The third-order valence-corrected chi connectivity index (χ3v) is 5.68. The Morgan fingerprint density at radius 2 is 1.62 bits per heavy atom. The second kappa shape index (κ2) is 12.5. The maximum atomic E-state index is 13.1. The molecule has 0 aliphatic carbocycles. The number of ether oxygens (including phenoxy) is 2. The minimum absolute atomic E-state index is 0.153. The molecular formula is C29H30N4O4. The van der Waals surface area contributed by atoms with Crippen LogP contribution in [-0.2, 0) is 14.3 Å². The summed E-state index contributed by atoms with van der Waals surface area (Å²) in [6.45, 7) is 2.23. The van der Waals surface area contributed by atoms with E-state index in [4.69, 9.17) is 14.6 Å². The Bertz CT molecular complexity index is 1310. The molecule has 3 aromatic carbocycles. The van der Waals surface area contributed by atoms with Crippen molar-refractivity contribution in [2.45, 2.75) is 6.92 Å². The van der Waals surface area contributed by atoms with E-state index in [2.05, 4.69) is 5.32 Å². The van der Waals surface area contributed by atoms with E-state index in [0.29, 0.717) is 18.2 Å². The molecule has 0 unspecified atom stereocenters. The molecule has 4 rings (SSSR count). The van der Waals surface area contributed by atoms with Gasteiger partial charge in [-0.3, -0.25) is 9.59 Å². The first kappa shape index (κ1) is 25.7. The van der Waals surface area contributed by atoms with Gasteiger partial charge in [0.15, 0.2) is 6.61 Å². The van der Waals surface area contributed by atoms with Crippen LogP contribution in [0.5, 0.6) is 5.75 Å². The van der Waals surface area contributed by atoms with Crippen molar-refractivity contribution in [2.75, 3.05) is 38.7 Å². The zero-order valence-corrected chi connectivity index (χ0v) is 21.0. The van der Waals surface area contributed by atoms with Crippen molar-refractivity contribution >= 4 is 17.6 Å². The molecule has 8 heteroatoms. The van der Waals surface area contributed by atoms with Crippen LogP contribution in [0.25, 0.3) is 16.9 Å². The van der Waals surface area contributed by atoms with Gasteiger partial charge in [0.25, 0.3) is 5.91 Å². The zero-order valence-electron chi connectivity index (χ0n) is 21.0. The molecule has 1 heterocycles. The summed E-state index contributed by atoms with van der Waals surface area (Å²) < 4.78 is 12.4. The molecule has 1 aromatic heterocycles. The minimum Gasteiger partial charge on any atom is -0.484 e. The SMILES string of the molecule is COCCN(CC(=O)Nc1cc(-c2ccccc2)nn1-c1ccc(C)cc1)C(=O)COc1ccccc1. The van der Waals surface area contributed by atoms with Crippen LogP contribution >= 0.6 is 0 Å². The molecule has 0 saturated carbocycles. The zero-order chi connectivity index (χ0) is 26.0. The van der Waals surface area contributed by atoms with E-state index in [-0.39, 0.29) is 31.5 Å². The van der Waals surface area contributed by atoms with Gasteiger partial charge in [0.2, 0.25) is 5.91 Å². The average Bonchev–Trinajstić information content (AvgIpc) is 3.34. The number of benzene rings is 3. The molecule has 8 nitrogen and oxygen atoms in total. The number of methoxy groups -OCH3 is 1. The predicted molar refractivity (Wildman–Crippen MR) is 143 cm³/mol. The summed E-state index contributed by atoms with van der Waals surface area (Å²) in [6.07, 6.45) is 0. The molecule has 0 atom stereocenters. The Labute approximate surface area is 216 Å². The highest BCUT2D eigenvalue weighted by molar-refractivity contribution is 5.94. The van der Waals surface area contributed by atoms with Crippen molar-refractivity contribution in [1.29, 1.82) is 0 Å². The summed E-state index contributed by atoms with van der Waals surface area (Å²) in [5, 5.41) is 7.68. The number of nitrogens with zero attached hydrogens (tertiary/aromatic N) is 3. The summed E-state index contributed by atoms with van der Waals surface area (Å²) in [5.41, 5.74) is 3.58. The lowest BCUT2D eigenvalue weighted by molar-refractivity contribution is -0.137. The van der Waals surface area contributed by atoms with Gasteiger partial charge in [-0.2, -0.15) is 5.10 Å². The van der Waals surface area contributed by atoms with Gasteiger partial charge in [0.1, 0.15) is 18.1 Å². The number of rotatable bonds is 11. The van der Waals surface area contributed by atoms with Gasteiger partial charge >= 0.3 is 0 Å². The van der Waals surface area contributed by atoms with Gasteiger partial charge in [-0.25, -0.2) is 4.68 Å². The second-order valence-corrected chi connectivity index (χ2v) is 8.49. The molecule has 0 fully saturated rings. The van der Waals surface area contributed by atoms with Crippen molar-refractivity contribution in [3.05, 3.63) is 96.6 Å². The molecule has 190 valence electrons. The molecule has 37 heavy (non-hydrogen) atoms. The summed E-state index contributed by atoms with van der Waals surface area (Å²) in [5.74, 6) is 0.430. The van der Waals surface area contributed by atoms with Gasteiger partial charge in [0, 0.05) is 25.3 Å². The Morgan fingerprint density at radius 3 is 2.30 bits per heavy atom. The quantitative estimate of drug-likeness (QED) is 0.333. The fourth-order valence-corrected chi connectivity index (χ4v) is 3.71. The third-order valence-electron chi connectivity index (χ3n) is 5.68. The summed E-state index contributed by atoms with van der Waals surface area (Å²) in [7, 11) is 1.55. The summed E-state index contributed by atoms with van der Waals surface area (Å²) in [6, 6.07) is 28.5. The largest absolute Gasteiger partial charge is 0.484 e. The summed E-state index contributed by atoms with van der Waals surface area (Å²) >= 11 is 0. The van der Waals surface area contributed by atoms with Crippen LogP contribution < -0.4 is 10.1 Å². The van der Waals surface area contributed by atoms with Crippen LogP contribution in [0.2, 0.25) is 0 Å². The highest BCUT2D eigenvalue weighted by atomic mass is 16.5. The number of aromatic nitrogens is 2.